The van der Waals surface area contributed by atoms with Gasteiger partial charge in [0.15, 0.2) is 6.10 Å². The summed E-state index contributed by atoms with van der Waals surface area (Å²) in [5, 5.41) is 5.09. The Morgan fingerprint density at radius 1 is 0.966 bits per heavy atom. The molecule has 29 heavy (non-hydrogen) atoms. The normalized spacial score (nSPS) is 11.1. The number of carbonyl (C=O) groups excluding carboxylic acids is 3. The van der Waals surface area contributed by atoms with Gasteiger partial charge in [0.25, 0.3) is 11.8 Å². The first kappa shape index (κ1) is 21.7. The zero-order valence-corrected chi connectivity index (χ0v) is 16.6. The SMILES string of the molecule is CCOc1ccc(C(=O)NCC(=O)O[C@H](C)C(=O)Nc2ccc(OC)cc2)cc1. The maximum atomic E-state index is 12.1. The van der Waals surface area contributed by atoms with E-state index in [2.05, 4.69) is 10.6 Å². The van der Waals surface area contributed by atoms with Gasteiger partial charge in [0.05, 0.1) is 13.7 Å². The van der Waals surface area contributed by atoms with Gasteiger partial charge in [-0.2, -0.15) is 0 Å². The summed E-state index contributed by atoms with van der Waals surface area (Å²) >= 11 is 0. The molecule has 0 unspecified atom stereocenters. The lowest BCUT2D eigenvalue weighted by atomic mass is 10.2. The molecule has 0 saturated carbocycles. The molecule has 2 amide bonds. The second-order valence-electron chi connectivity index (χ2n) is 5.99. The number of anilines is 1. The quantitative estimate of drug-likeness (QED) is 0.627. The fraction of sp³-hybridized carbons (Fsp3) is 0.286. The molecule has 8 nitrogen and oxygen atoms in total. The Hall–Kier alpha value is -3.55. The molecule has 2 aromatic carbocycles. The predicted molar refractivity (Wildman–Crippen MR) is 107 cm³/mol. The van der Waals surface area contributed by atoms with E-state index in [1.165, 1.54) is 6.92 Å². The Morgan fingerprint density at radius 3 is 2.17 bits per heavy atom. The number of hydrogen-bond acceptors (Lipinski definition) is 6. The molecular formula is C21H24N2O6. The zero-order valence-electron chi connectivity index (χ0n) is 16.6. The van der Waals surface area contributed by atoms with E-state index in [0.717, 1.165) is 0 Å². The summed E-state index contributed by atoms with van der Waals surface area (Å²) in [5.74, 6) is -0.325. The number of esters is 1. The van der Waals surface area contributed by atoms with Crippen LogP contribution in [-0.4, -0.2) is 44.1 Å². The van der Waals surface area contributed by atoms with E-state index in [-0.39, 0.29) is 6.54 Å². The monoisotopic (exact) mass is 400 g/mol. The Bertz CT molecular complexity index is 833. The lowest BCUT2D eigenvalue weighted by Crippen LogP contribution is -2.35. The van der Waals surface area contributed by atoms with Crippen molar-refractivity contribution in [3.05, 3.63) is 54.1 Å². The van der Waals surface area contributed by atoms with Crippen LogP contribution in [0.25, 0.3) is 0 Å². The average molecular weight is 400 g/mol. The molecule has 0 aliphatic rings. The molecule has 1 atom stereocenters. The lowest BCUT2D eigenvalue weighted by molar-refractivity contribution is -0.152. The number of ether oxygens (including phenoxy) is 3. The minimum absolute atomic E-state index is 0.355. The van der Waals surface area contributed by atoms with Gasteiger partial charge < -0.3 is 24.8 Å². The molecule has 0 heterocycles. The van der Waals surface area contributed by atoms with Gasteiger partial charge in [-0.15, -0.1) is 0 Å². The molecule has 154 valence electrons. The summed E-state index contributed by atoms with van der Waals surface area (Å²) in [6.07, 6.45) is -1.02. The summed E-state index contributed by atoms with van der Waals surface area (Å²) in [6, 6.07) is 13.3. The van der Waals surface area contributed by atoms with E-state index in [9.17, 15) is 14.4 Å². The van der Waals surface area contributed by atoms with Gasteiger partial charge in [-0.3, -0.25) is 14.4 Å². The zero-order chi connectivity index (χ0) is 21.2. The molecule has 8 heteroatoms. The smallest absolute Gasteiger partial charge is 0.326 e. The van der Waals surface area contributed by atoms with Crippen LogP contribution < -0.4 is 20.1 Å². The molecule has 0 aliphatic heterocycles. The topological polar surface area (TPSA) is 103 Å². The molecule has 2 aromatic rings. The summed E-state index contributed by atoms with van der Waals surface area (Å²) < 4.78 is 15.4. The van der Waals surface area contributed by atoms with Gasteiger partial charge in [0.2, 0.25) is 0 Å². The van der Waals surface area contributed by atoms with Crippen LogP contribution in [0.1, 0.15) is 24.2 Å². The molecule has 0 bridgehead atoms. The fourth-order valence-electron chi connectivity index (χ4n) is 2.33. The molecule has 0 fully saturated rings. The molecule has 0 spiro atoms. The molecule has 2 N–H and O–H groups in total. The number of rotatable bonds is 9. The van der Waals surface area contributed by atoms with Crippen LogP contribution in [0, 0.1) is 0 Å². The van der Waals surface area contributed by atoms with Crippen LogP contribution in [0.5, 0.6) is 11.5 Å². The number of methoxy groups -OCH3 is 1. The van der Waals surface area contributed by atoms with Crippen LogP contribution in [0.2, 0.25) is 0 Å². The minimum Gasteiger partial charge on any atom is -0.497 e. The highest BCUT2D eigenvalue weighted by Crippen LogP contribution is 2.15. The Labute approximate surface area is 169 Å². The number of hydrogen-bond donors (Lipinski definition) is 2. The number of carbonyl (C=O) groups is 3. The van der Waals surface area contributed by atoms with Crippen molar-refractivity contribution in [1.82, 2.24) is 5.32 Å². The number of amides is 2. The average Bonchev–Trinajstić information content (AvgIpc) is 2.73. The van der Waals surface area contributed by atoms with Crippen molar-refractivity contribution in [2.45, 2.75) is 20.0 Å². The summed E-state index contributed by atoms with van der Waals surface area (Å²) in [5.41, 5.74) is 0.925. The highest BCUT2D eigenvalue weighted by atomic mass is 16.5. The van der Waals surface area contributed by atoms with Crippen molar-refractivity contribution in [3.8, 4) is 11.5 Å². The second kappa shape index (κ2) is 10.7. The minimum atomic E-state index is -1.02. The standard InChI is InChI=1S/C21H24N2O6/c1-4-28-18-9-5-15(6-10-18)21(26)22-13-19(24)29-14(2)20(25)23-16-7-11-17(27-3)12-8-16/h5-12,14H,4,13H2,1-3H3,(H,22,26)(H,23,25)/t14-/m1/s1. The number of nitrogens with one attached hydrogen (secondary N) is 2. The van der Waals surface area contributed by atoms with Gasteiger partial charge in [-0.1, -0.05) is 0 Å². The maximum absolute atomic E-state index is 12.1. The Kier molecular flexibility index (Phi) is 8.02. The van der Waals surface area contributed by atoms with E-state index in [1.807, 2.05) is 6.92 Å². The molecule has 0 aromatic heterocycles. The maximum Gasteiger partial charge on any atom is 0.326 e. The molecule has 0 radical (unpaired) electrons. The molecule has 0 aliphatic carbocycles. The van der Waals surface area contributed by atoms with Crippen molar-refractivity contribution in [1.29, 1.82) is 0 Å². The van der Waals surface area contributed by atoms with E-state index in [4.69, 9.17) is 14.2 Å². The molecule has 0 saturated heterocycles. The lowest BCUT2D eigenvalue weighted by Gasteiger charge is -2.14. The van der Waals surface area contributed by atoms with Crippen molar-refractivity contribution >= 4 is 23.5 Å². The van der Waals surface area contributed by atoms with Crippen molar-refractivity contribution in [2.75, 3.05) is 25.6 Å². The van der Waals surface area contributed by atoms with Crippen molar-refractivity contribution < 1.29 is 28.6 Å². The third kappa shape index (κ3) is 6.84. The molecular weight excluding hydrogens is 376 g/mol. The Morgan fingerprint density at radius 2 is 1.59 bits per heavy atom. The Balaban J connectivity index is 1.78. The van der Waals surface area contributed by atoms with E-state index < -0.39 is 23.9 Å². The van der Waals surface area contributed by atoms with Crippen molar-refractivity contribution in [3.63, 3.8) is 0 Å². The third-order valence-corrected chi connectivity index (χ3v) is 3.86. The highest BCUT2D eigenvalue weighted by molar-refractivity contribution is 5.97. The van der Waals surface area contributed by atoms with Crippen molar-refractivity contribution in [2.24, 2.45) is 0 Å². The summed E-state index contributed by atoms with van der Waals surface area (Å²) in [4.78, 5) is 36.1. The first-order chi connectivity index (χ1) is 13.9. The van der Waals surface area contributed by atoms with Gasteiger partial charge in [0.1, 0.15) is 18.0 Å². The second-order valence-corrected chi connectivity index (χ2v) is 5.99. The fourth-order valence-corrected chi connectivity index (χ4v) is 2.33. The van der Waals surface area contributed by atoms with Crippen LogP contribution >= 0.6 is 0 Å². The first-order valence-electron chi connectivity index (χ1n) is 9.08. The summed E-state index contributed by atoms with van der Waals surface area (Å²) in [7, 11) is 1.55. The van der Waals surface area contributed by atoms with E-state index >= 15 is 0 Å². The van der Waals surface area contributed by atoms with E-state index in [0.29, 0.717) is 29.4 Å². The van der Waals surface area contributed by atoms with E-state index in [1.54, 1.807) is 55.6 Å². The first-order valence-corrected chi connectivity index (χ1v) is 9.08. The van der Waals surface area contributed by atoms with Gasteiger partial charge in [-0.05, 0) is 62.4 Å². The third-order valence-electron chi connectivity index (χ3n) is 3.86. The van der Waals surface area contributed by atoms with Crippen LogP contribution in [0.15, 0.2) is 48.5 Å². The van der Waals surface area contributed by atoms with Crippen LogP contribution in [-0.2, 0) is 14.3 Å². The number of benzene rings is 2. The largest absolute Gasteiger partial charge is 0.497 e. The van der Waals surface area contributed by atoms with Gasteiger partial charge in [-0.25, -0.2) is 0 Å². The predicted octanol–water partition coefficient (Wildman–Crippen LogP) is 2.39. The summed E-state index contributed by atoms with van der Waals surface area (Å²) in [6.45, 7) is 3.49. The molecule has 2 rings (SSSR count). The highest BCUT2D eigenvalue weighted by Gasteiger charge is 2.18. The van der Waals surface area contributed by atoms with Crippen LogP contribution in [0.3, 0.4) is 0 Å². The van der Waals surface area contributed by atoms with Crippen LogP contribution in [0.4, 0.5) is 5.69 Å². The van der Waals surface area contributed by atoms with Gasteiger partial charge >= 0.3 is 5.97 Å². The van der Waals surface area contributed by atoms with Gasteiger partial charge in [0, 0.05) is 11.3 Å².